The zero-order valence-corrected chi connectivity index (χ0v) is 10.6. The van der Waals surface area contributed by atoms with Gasteiger partial charge in [-0.1, -0.05) is 12.5 Å². The van der Waals surface area contributed by atoms with E-state index in [1.807, 2.05) is 12.1 Å². The van der Waals surface area contributed by atoms with E-state index in [9.17, 15) is 8.78 Å². The summed E-state index contributed by atoms with van der Waals surface area (Å²) in [6, 6.07) is 7.50. The molecule has 0 atom stereocenters. The largest absolute Gasteiger partial charge is 0.252 e. The molecule has 1 aliphatic rings. The van der Waals surface area contributed by atoms with Crippen molar-refractivity contribution in [2.45, 2.75) is 32.1 Å². The maximum atomic E-state index is 13.8. The second-order valence-corrected chi connectivity index (χ2v) is 4.99. The molecule has 1 heterocycles. The van der Waals surface area contributed by atoms with Crippen LogP contribution in [0.25, 0.3) is 11.3 Å². The summed E-state index contributed by atoms with van der Waals surface area (Å²) in [6.45, 7) is 0. The van der Waals surface area contributed by atoms with E-state index in [1.54, 1.807) is 0 Å². The highest BCUT2D eigenvalue weighted by Gasteiger charge is 2.13. The SMILES string of the molecule is Fc1ccc(-c2ccc3c(n2)CCCCC3)c(F)c1. The van der Waals surface area contributed by atoms with E-state index in [-0.39, 0.29) is 0 Å². The van der Waals surface area contributed by atoms with Crippen molar-refractivity contribution in [3.05, 3.63) is 53.2 Å². The van der Waals surface area contributed by atoms with Crippen LogP contribution in [0.3, 0.4) is 0 Å². The molecule has 19 heavy (non-hydrogen) atoms. The number of rotatable bonds is 1. The quantitative estimate of drug-likeness (QED) is 0.696. The maximum absolute atomic E-state index is 13.8. The molecule has 1 aromatic heterocycles. The van der Waals surface area contributed by atoms with Gasteiger partial charge in [-0.15, -0.1) is 0 Å². The average molecular weight is 259 g/mol. The van der Waals surface area contributed by atoms with Gasteiger partial charge >= 0.3 is 0 Å². The van der Waals surface area contributed by atoms with Crippen LogP contribution in [-0.4, -0.2) is 4.98 Å². The fourth-order valence-corrected chi connectivity index (χ4v) is 2.61. The topological polar surface area (TPSA) is 12.9 Å². The summed E-state index contributed by atoms with van der Waals surface area (Å²) in [5.74, 6) is -1.11. The fourth-order valence-electron chi connectivity index (χ4n) is 2.61. The number of pyridine rings is 1. The number of benzene rings is 1. The molecule has 1 nitrogen and oxygen atoms in total. The van der Waals surface area contributed by atoms with Gasteiger partial charge in [0, 0.05) is 17.3 Å². The van der Waals surface area contributed by atoms with Gasteiger partial charge in [0.1, 0.15) is 11.6 Å². The summed E-state index contributed by atoms with van der Waals surface area (Å²) >= 11 is 0. The summed E-state index contributed by atoms with van der Waals surface area (Å²) in [5, 5.41) is 0. The summed E-state index contributed by atoms with van der Waals surface area (Å²) in [7, 11) is 0. The lowest BCUT2D eigenvalue weighted by molar-refractivity contribution is 0.585. The minimum atomic E-state index is -0.559. The van der Waals surface area contributed by atoms with Crippen molar-refractivity contribution in [1.29, 1.82) is 0 Å². The predicted molar refractivity (Wildman–Crippen MR) is 70.8 cm³/mol. The number of halogens is 2. The molecular formula is C16H15F2N. The monoisotopic (exact) mass is 259 g/mol. The molecule has 0 bridgehead atoms. The van der Waals surface area contributed by atoms with Gasteiger partial charge in [-0.3, -0.25) is 4.98 Å². The summed E-state index contributed by atoms with van der Waals surface area (Å²) < 4.78 is 26.7. The average Bonchev–Trinajstić information content (AvgIpc) is 2.63. The molecule has 1 aliphatic carbocycles. The minimum Gasteiger partial charge on any atom is -0.252 e. The number of hydrogen-bond donors (Lipinski definition) is 0. The maximum Gasteiger partial charge on any atom is 0.135 e. The summed E-state index contributed by atoms with van der Waals surface area (Å²) in [6.07, 6.45) is 5.55. The first-order valence-electron chi connectivity index (χ1n) is 6.68. The normalized spacial score (nSPS) is 14.8. The Labute approximate surface area is 111 Å². The van der Waals surface area contributed by atoms with Crippen LogP contribution in [0.15, 0.2) is 30.3 Å². The van der Waals surface area contributed by atoms with Crippen molar-refractivity contribution in [3.8, 4) is 11.3 Å². The van der Waals surface area contributed by atoms with Crippen molar-refractivity contribution in [1.82, 2.24) is 4.98 Å². The van der Waals surface area contributed by atoms with Crippen LogP contribution in [0.5, 0.6) is 0 Å². The van der Waals surface area contributed by atoms with Gasteiger partial charge in [-0.2, -0.15) is 0 Å². The molecule has 0 amide bonds. The molecule has 0 saturated carbocycles. The van der Waals surface area contributed by atoms with Crippen molar-refractivity contribution in [2.75, 3.05) is 0 Å². The molecule has 0 saturated heterocycles. The number of aromatic nitrogens is 1. The second kappa shape index (κ2) is 5.08. The van der Waals surface area contributed by atoms with Crippen LogP contribution < -0.4 is 0 Å². The van der Waals surface area contributed by atoms with Crippen molar-refractivity contribution >= 4 is 0 Å². The number of aryl methyl sites for hydroxylation is 2. The Hall–Kier alpha value is -1.77. The third-order valence-electron chi connectivity index (χ3n) is 3.64. The van der Waals surface area contributed by atoms with E-state index >= 15 is 0 Å². The summed E-state index contributed by atoms with van der Waals surface area (Å²) in [4.78, 5) is 4.57. The lowest BCUT2D eigenvalue weighted by Crippen LogP contribution is -1.98. The molecule has 0 aliphatic heterocycles. The van der Waals surface area contributed by atoms with Gasteiger partial charge in [-0.25, -0.2) is 8.78 Å². The van der Waals surface area contributed by atoms with Gasteiger partial charge in [0.25, 0.3) is 0 Å². The first-order chi connectivity index (χ1) is 9.24. The molecule has 0 radical (unpaired) electrons. The third kappa shape index (κ3) is 2.50. The van der Waals surface area contributed by atoms with Gasteiger partial charge in [0.2, 0.25) is 0 Å². The Bertz CT molecular complexity index is 608. The highest BCUT2D eigenvalue weighted by atomic mass is 19.1. The standard InChI is InChI=1S/C16H15F2N/c17-12-7-8-13(14(18)10-12)16-9-6-11-4-2-1-3-5-15(11)19-16/h6-10H,1-5H2. The molecule has 0 N–H and O–H groups in total. The molecule has 0 unspecified atom stereocenters. The molecule has 98 valence electrons. The first-order valence-corrected chi connectivity index (χ1v) is 6.68. The second-order valence-electron chi connectivity index (χ2n) is 4.99. The van der Waals surface area contributed by atoms with Crippen LogP contribution in [0.4, 0.5) is 8.78 Å². The van der Waals surface area contributed by atoms with Crippen molar-refractivity contribution < 1.29 is 8.78 Å². The van der Waals surface area contributed by atoms with Gasteiger partial charge < -0.3 is 0 Å². The summed E-state index contributed by atoms with van der Waals surface area (Å²) in [5.41, 5.74) is 3.30. The van der Waals surface area contributed by atoms with Gasteiger partial charge in [0.05, 0.1) is 5.69 Å². The fraction of sp³-hybridized carbons (Fsp3) is 0.312. The Morgan fingerprint density at radius 2 is 1.74 bits per heavy atom. The number of hydrogen-bond acceptors (Lipinski definition) is 1. The lowest BCUT2D eigenvalue weighted by atomic mass is 10.1. The van der Waals surface area contributed by atoms with Crippen LogP contribution in [0.2, 0.25) is 0 Å². The highest BCUT2D eigenvalue weighted by molar-refractivity contribution is 5.60. The van der Waals surface area contributed by atoms with Gasteiger partial charge in [0.15, 0.2) is 0 Å². The number of nitrogens with zero attached hydrogens (tertiary/aromatic N) is 1. The first kappa shape index (κ1) is 12.3. The Balaban J connectivity index is 2.03. The Morgan fingerprint density at radius 3 is 2.58 bits per heavy atom. The molecule has 3 heteroatoms. The zero-order valence-electron chi connectivity index (χ0n) is 10.6. The van der Waals surface area contributed by atoms with E-state index in [0.717, 1.165) is 31.0 Å². The minimum absolute atomic E-state index is 0.369. The van der Waals surface area contributed by atoms with Crippen molar-refractivity contribution in [2.24, 2.45) is 0 Å². The Kier molecular flexibility index (Phi) is 3.28. The highest BCUT2D eigenvalue weighted by Crippen LogP contribution is 2.26. The van der Waals surface area contributed by atoms with Crippen LogP contribution in [-0.2, 0) is 12.8 Å². The molecule has 2 aromatic rings. The van der Waals surface area contributed by atoms with Crippen molar-refractivity contribution in [3.63, 3.8) is 0 Å². The van der Waals surface area contributed by atoms with E-state index in [1.165, 1.54) is 30.5 Å². The van der Waals surface area contributed by atoms with Crippen LogP contribution in [0.1, 0.15) is 30.5 Å². The third-order valence-corrected chi connectivity index (χ3v) is 3.64. The van der Waals surface area contributed by atoms with E-state index in [2.05, 4.69) is 4.98 Å². The molecule has 3 rings (SSSR count). The molecule has 0 fully saturated rings. The van der Waals surface area contributed by atoms with E-state index in [0.29, 0.717) is 11.3 Å². The predicted octanol–water partition coefficient (Wildman–Crippen LogP) is 4.30. The lowest BCUT2D eigenvalue weighted by Gasteiger charge is -2.08. The smallest absolute Gasteiger partial charge is 0.135 e. The van der Waals surface area contributed by atoms with Gasteiger partial charge in [-0.05, 0) is 49.4 Å². The van der Waals surface area contributed by atoms with Crippen LogP contribution in [0, 0.1) is 11.6 Å². The zero-order chi connectivity index (χ0) is 13.2. The van der Waals surface area contributed by atoms with E-state index in [4.69, 9.17) is 0 Å². The number of fused-ring (bicyclic) bond motifs is 1. The molecular weight excluding hydrogens is 244 g/mol. The molecule has 0 spiro atoms. The molecule has 1 aromatic carbocycles. The van der Waals surface area contributed by atoms with E-state index < -0.39 is 11.6 Å². The van der Waals surface area contributed by atoms with Crippen LogP contribution >= 0.6 is 0 Å². The Morgan fingerprint density at radius 1 is 0.895 bits per heavy atom.